The van der Waals surface area contributed by atoms with Crippen LogP contribution in [-0.2, 0) is 29.0 Å². The summed E-state index contributed by atoms with van der Waals surface area (Å²) in [6, 6.07) is 27.4. The topological polar surface area (TPSA) is 106 Å². The summed E-state index contributed by atoms with van der Waals surface area (Å²) in [6.07, 6.45) is 0.673. The Labute approximate surface area is 222 Å². The van der Waals surface area contributed by atoms with Crippen molar-refractivity contribution in [2.75, 3.05) is 6.61 Å². The lowest BCUT2D eigenvalue weighted by Crippen LogP contribution is -2.25. The molecule has 0 saturated carbocycles. The first kappa shape index (κ1) is 25.2. The van der Waals surface area contributed by atoms with Crippen LogP contribution in [0.25, 0.3) is 21.0 Å². The number of ether oxygens (including phenoxy) is 1. The number of aromatic nitrogens is 1. The number of hydrogen-bond acceptors (Lipinski definition) is 5. The van der Waals surface area contributed by atoms with Gasteiger partial charge in [0.15, 0.2) is 5.92 Å². The zero-order valence-corrected chi connectivity index (χ0v) is 21.2. The third-order valence-electron chi connectivity index (χ3n) is 6.55. The van der Waals surface area contributed by atoms with Crippen molar-refractivity contribution in [2.24, 2.45) is 5.92 Å². The van der Waals surface area contributed by atoms with Crippen molar-refractivity contribution in [3.63, 3.8) is 0 Å². The van der Waals surface area contributed by atoms with Gasteiger partial charge in [0, 0.05) is 0 Å². The van der Waals surface area contributed by atoms with Gasteiger partial charge in [-0.25, -0.2) is 0 Å². The second-order valence-electron chi connectivity index (χ2n) is 9.06. The van der Waals surface area contributed by atoms with E-state index in [1.165, 1.54) is 27.7 Å². The Morgan fingerprint density at radius 1 is 0.868 bits per heavy atom. The second-order valence-corrected chi connectivity index (χ2v) is 10.1. The Morgan fingerprint density at radius 3 is 2.34 bits per heavy atom. The molecular formula is C30H25NO6S. The van der Waals surface area contributed by atoms with Crippen LogP contribution in [-0.4, -0.2) is 33.3 Å². The molecule has 1 aromatic heterocycles. The largest absolute Gasteiger partial charge is 0.492 e. The number of fused-ring (bicyclic) bond motifs is 2. The van der Waals surface area contributed by atoms with Gasteiger partial charge in [0.2, 0.25) is 0 Å². The van der Waals surface area contributed by atoms with Gasteiger partial charge in [-0.1, -0.05) is 72.0 Å². The molecule has 5 rings (SSSR count). The summed E-state index contributed by atoms with van der Waals surface area (Å²) in [7, 11) is 0. The molecule has 0 aliphatic rings. The molecular weight excluding hydrogens is 502 g/mol. The number of carboxylic acids is 2. The van der Waals surface area contributed by atoms with E-state index in [4.69, 9.17) is 14.9 Å². The molecule has 0 aliphatic carbocycles. The Balaban J connectivity index is 1.24. The third-order valence-corrected chi connectivity index (χ3v) is 7.49. The number of carbonyl (C=O) groups is 2. The highest BCUT2D eigenvalue weighted by atomic mass is 32.1. The number of benzene rings is 4. The van der Waals surface area contributed by atoms with Crippen LogP contribution in [0.2, 0.25) is 0 Å². The summed E-state index contributed by atoms with van der Waals surface area (Å²) in [5.74, 6) is -3.67. The van der Waals surface area contributed by atoms with E-state index in [0.717, 1.165) is 22.2 Å². The Morgan fingerprint density at radius 2 is 1.58 bits per heavy atom. The van der Waals surface area contributed by atoms with Crippen LogP contribution in [0.4, 0.5) is 0 Å². The van der Waals surface area contributed by atoms with Gasteiger partial charge in [0.05, 0.1) is 16.8 Å². The van der Waals surface area contributed by atoms with Gasteiger partial charge >= 0.3 is 16.8 Å². The summed E-state index contributed by atoms with van der Waals surface area (Å²) < 4.78 is 8.44. The van der Waals surface area contributed by atoms with Crippen molar-refractivity contribution in [3.05, 3.63) is 111 Å². The van der Waals surface area contributed by atoms with Crippen molar-refractivity contribution >= 4 is 44.3 Å². The molecule has 0 unspecified atom stereocenters. The maximum Gasteiger partial charge on any atom is 0.318 e. The third kappa shape index (κ3) is 5.45. The van der Waals surface area contributed by atoms with E-state index >= 15 is 0 Å². The molecule has 8 heteroatoms. The maximum absolute atomic E-state index is 12.7. The van der Waals surface area contributed by atoms with E-state index in [1.807, 2.05) is 18.2 Å². The van der Waals surface area contributed by atoms with E-state index in [9.17, 15) is 14.4 Å². The van der Waals surface area contributed by atoms with Crippen LogP contribution in [0.15, 0.2) is 89.7 Å². The lowest BCUT2D eigenvalue weighted by Gasteiger charge is -2.10. The lowest BCUT2D eigenvalue weighted by atomic mass is 9.98. The van der Waals surface area contributed by atoms with Gasteiger partial charge < -0.3 is 14.9 Å². The highest BCUT2D eigenvalue weighted by Crippen LogP contribution is 2.25. The predicted octanol–water partition coefficient (Wildman–Crippen LogP) is 5.21. The first-order chi connectivity index (χ1) is 18.4. The molecule has 1 heterocycles. The summed E-state index contributed by atoms with van der Waals surface area (Å²) in [6.45, 7) is 0.652. The van der Waals surface area contributed by atoms with Crippen molar-refractivity contribution in [3.8, 4) is 5.75 Å². The summed E-state index contributed by atoms with van der Waals surface area (Å²) >= 11 is 1.22. The molecule has 7 nitrogen and oxygen atoms in total. The molecule has 0 aliphatic heterocycles. The Bertz CT molecular complexity index is 1670. The minimum atomic E-state index is -1.49. The van der Waals surface area contributed by atoms with Crippen LogP contribution >= 0.6 is 11.3 Å². The van der Waals surface area contributed by atoms with Crippen molar-refractivity contribution in [1.82, 2.24) is 4.57 Å². The van der Waals surface area contributed by atoms with Gasteiger partial charge in [-0.15, -0.1) is 0 Å². The quantitative estimate of drug-likeness (QED) is 0.242. The Hall–Kier alpha value is -4.43. The fraction of sp³-hybridized carbons (Fsp3) is 0.167. The molecule has 0 bridgehead atoms. The van der Waals surface area contributed by atoms with Gasteiger partial charge in [0.25, 0.3) is 0 Å². The first-order valence-electron chi connectivity index (χ1n) is 12.2. The number of thiazole rings is 1. The van der Waals surface area contributed by atoms with Crippen molar-refractivity contribution in [2.45, 2.75) is 19.4 Å². The minimum Gasteiger partial charge on any atom is -0.492 e. The average Bonchev–Trinajstić information content (AvgIpc) is 3.22. The predicted molar refractivity (Wildman–Crippen MR) is 147 cm³/mol. The number of hydrogen-bond donors (Lipinski definition) is 2. The van der Waals surface area contributed by atoms with Crippen molar-refractivity contribution in [1.29, 1.82) is 0 Å². The van der Waals surface area contributed by atoms with Gasteiger partial charge in [-0.2, -0.15) is 0 Å². The van der Waals surface area contributed by atoms with E-state index in [-0.39, 0.29) is 17.9 Å². The molecule has 0 amide bonds. The van der Waals surface area contributed by atoms with Gasteiger partial charge in [-0.3, -0.25) is 19.0 Å². The molecule has 0 atom stereocenters. The van der Waals surface area contributed by atoms with Crippen LogP contribution in [0.3, 0.4) is 0 Å². The number of nitrogens with zero attached hydrogens (tertiary/aromatic N) is 1. The monoisotopic (exact) mass is 527 g/mol. The molecule has 192 valence electrons. The summed E-state index contributed by atoms with van der Waals surface area (Å²) in [5.41, 5.74) is 3.85. The minimum absolute atomic E-state index is 0.0466. The van der Waals surface area contributed by atoms with Crippen molar-refractivity contribution < 1.29 is 24.5 Å². The number of carboxylic acid groups (broad SMARTS) is 2. The van der Waals surface area contributed by atoms with Crippen LogP contribution < -0.4 is 9.61 Å². The Kier molecular flexibility index (Phi) is 7.24. The molecule has 0 fully saturated rings. The molecule has 0 saturated heterocycles. The van der Waals surface area contributed by atoms with E-state index < -0.39 is 17.9 Å². The van der Waals surface area contributed by atoms with E-state index in [2.05, 4.69) is 42.5 Å². The first-order valence-corrected chi connectivity index (χ1v) is 13.0. The standard InChI is InChI=1S/C30H25NO6S/c32-28(33)25(29(34)35)17-19-8-11-23(12-9-19)37-15-14-31-26-13-10-20(18-27(26)38-30(31)36)16-22-6-3-5-21-4-1-2-7-24(21)22/h1-13,18,25H,14-17H2,(H,32,33)(H,34,35). The average molecular weight is 528 g/mol. The van der Waals surface area contributed by atoms with Gasteiger partial charge in [0.1, 0.15) is 12.4 Å². The maximum atomic E-state index is 12.7. The van der Waals surface area contributed by atoms with Gasteiger partial charge in [-0.05, 0) is 64.6 Å². The molecule has 38 heavy (non-hydrogen) atoms. The SMILES string of the molecule is O=C(O)C(Cc1ccc(OCCn2c(=O)sc3cc(Cc4cccc5ccccc45)ccc32)cc1)C(=O)O. The second kappa shape index (κ2) is 10.9. The zero-order valence-electron chi connectivity index (χ0n) is 20.4. The molecule has 2 N–H and O–H groups in total. The highest BCUT2D eigenvalue weighted by Gasteiger charge is 2.25. The molecule has 0 radical (unpaired) electrons. The van der Waals surface area contributed by atoms with Crippen LogP contribution in [0.5, 0.6) is 5.75 Å². The molecule has 0 spiro atoms. The summed E-state index contributed by atoms with van der Waals surface area (Å²) in [5, 5.41) is 20.5. The van der Waals surface area contributed by atoms with Crippen LogP contribution in [0, 0.1) is 5.92 Å². The fourth-order valence-corrected chi connectivity index (χ4v) is 5.57. The molecule has 4 aromatic carbocycles. The summed E-state index contributed by atoms with van der Waals surface area (Å²) in [4.78, 5) is 34.9. The number of rotatable bonds is 10. The number of aliphatic carboxylic acids is 2. The lowest BCUT2D eigenvalue weighted by molar-refractivity contribution is -0.154. The van der Waals surface area contributed by atoms with Crippen LogP contribution in [0.1, 0.15) is 16.7 Å². The smallest absolute Gasteiger partial charge is 0.318 e. The highest BCUT2D eigenvalue weighted by molar-refractivity contribution is 7.16. The van der Waals surface area contributed by atoms with E-state index in [0.29, 0.717) is 17.9 Å². The fourth-order valence-electron chi connectivity index (χ4n) is 4.59. The zero-order chi connectivity index (χ0) is 26.6. The molecule has 5 aromatic rings. The van der Waals surface area contributed by atoms with E-state index in [1.54, 1.807) is 28.8 Å². The normalized spacial score (nSPS) is 11.3.